The summed E-state index contributed by atoms with van der Waals surface area (Å²) in [5.41, 5.74) is 5.73. The molecular formula is C8H20N2O2. The number of nitrogens with zero attached hydrogens (tertiary/aromatic N) is 1. The zero-order chi connectivity index (χ0) is 9.40. The Morgan fingerprint density at radius 2 is 1.75 bits per heavy atom. The molecule has 0 spiro atoms. The van der Waals surface area contributed by atoms with Gasteiger partial charge in [-0.2, -0.15) is 0 Å². The highest BCUT2D eigenvalue weighted by Crippen LogP contribution is 1.93. The standard InChI is InChI=1S/C8H20N2O2/c1-2-8(9)7-10(3-5-11)4-6-12/h8,11-12H,2-7,9H2,1H3. The summed E-state index contributed by atoms with van der Waals surface area (Å²) >= 11 is 0. The fourth-order valence-electron chi connectivity index (χ4n) is 1.04. The number of rotatable bonds is 7. The molecule has 0 aliphatic rings. The van der Waals surface area contributed by atoms with Gasteiger partial charge in [-0.3, -0.25) is 4.90 Å². The Kier molecular flexibility index (Phi) is 7.39. The third-order valence-electron chi connectivity index (χ3n) is 1.85. The van der Waals surface area contributed by atoms with Crippen molar-refractivity contribution < 1.29 is 10.2 Å². The van der Waals surface area contributed by atoms with Gasteiger partial charge >= 0.3 is 0 Å². The lowest BCUT2D eigenvalue weighted by atomic mass is 10.2. The van der Waals surface area contributed by atoms with Crippen molar-refractivity contribution in [1.29, 1.82) is 0 Å². The van der Waals surface area contributed by atoms with Crippen molar-refractivity contribution in [1.82, 2.24) is 4.90 Å². The molecule has 0 aromatic heterocycles. The van der Waals surface area contributed by atoms with Crippen LogP contribution in [0.15, 0.2) is 0 Å². The van der Waals surface area contributed by atoms with Gasteiger partial charge in [0.25, 0.3) is 0 Å². The molecule has 12 heavy (non-hydrogen) atoms. The molecular weight excluding hydrogens is 156 g/mol. The van der Waals surface area contributed by atoms with Crippen molar-refractivity contribution in [3.05, 3.63) is 0 Å². The van der Waals surface area contributed by atoms with Gasteiger partial charge in [-0.25, -0.2) is 0 Å². The number of nitrogens with two attached hydrogens (primary N) is 1. The molecule has 0 aromatic carbocycles. The molecule has 0 aliphatic carbocycles. The lowest BCUT2D eigenvalue weighted by molar-refractivity contribution is 0.154. The van der Waals surface area contributed by atoms with Gasteiger partial charge in [-0.1, -0.05) is 6.92 Å². The first-order valence-electron chi connectivity index (χ1n) is 4.44. The second kappa shape index (κ2) is 7.49. The first-order valence-corrected chi connectivity index (χ1v) is 4.44. The monoisotopic (exact) mass is 176 g/mol. The molecule has 0 radical (unpaired) electrons. The molecule has 0 amide bonds. The van der Waals surface area contributed by atoms with Crippen molar-refractivity contribution in [2.24, 2.45) is 5.73 Å². The lowest BCUT2D eigenvalue weighted by Crippen LogP contribution is -2.40. The van der Waals surface area contributed by atoms with Gasteiger partial charge < -0.3 is 15.9 Å². The summed E-state index contributed by atoms with van der Waals surface area (Å²) in [7, 11) is 0. The van der Waals surface area contributed by atoms with Crippen LogP contribution in [-0.4, -0.2) is 54.0 Å². The summed E-state index contributed by atoms with van der Waals surface area (Å²) in [6, 6.07) is 0.142. The first-order chi connectivity index (χ1) is 5.74. The van der Waals surface area contributed by atoms with E-state index in [1.165, 1.54) is 0 Å². The van der Waals surface area contributed by atoms with Gasteiger partial charge in [0, 0.05) is 25.7 Å². The molecule has 0 aliphatic heterocycles. The van der Waals surface area contributed by atoms with Crippen LogP contribution in [0, 0.1) is 0 Å². The van der Waals surface area contributed by atoms with Gasteiger partial charge in [-0.15, -0.1) is 0 Å². The minimum absolute atomic E-state index is 0.121. The Morgan fingerprint density at radius 1 is 1.25 bits per heavy atom. The number of aliphatic hydroxyl groups excluding tert-OH is 2. The fraction of sp³-hybridized carbons (Fsp3) is 1.00. The van der Waals surface area contributed by atoms with Crippen molar-refractivity contribution in [2.45, 2.75) is 19.4 Å². The van der Waals surface area contributed by atoms with E-state index in [0.29, 0.717) is 13.1 Å². The summed E-state index contributed by atoms with van der Waals surface area (Å²) in [5.74, 6) is 0. The fourth-order valence-corrected chi connectivity index (χ4v) is 1.04. The van der Waals surface area contributed by atoms with E-state index in [0.717, 1.165) is 13.0 Å². The van der Waals surface area contributed by atoms with Crippen LogP contribution < -0.4 is 5.73 Å². The van der Waals surface area contributed by atoms with E-state index in [1.54, 1.807) is 0 Å². The smallest absolute Gasteiger partial charge is 0.0558 e. The number of hydrogen-bond donors (Lipinski definition) is 3. The van der Waals surface area contributed by atoms with E-state index >= 15 is 0 Å². The Hall–Kier alpha value is -0.160. The van der Waals surface area contributed by atoms with Gasteiger partial charge in [0.2, 0.25) is 0 Å². The van der Waals surface area contributed by atoms with E-state index in [1.807, 2.05) is 11.8 Å². The van der Waals surface area contributed by atoms with Crippen molar-refractivity contribution in [3.8, 4) is 0 Å². The van der Waals surface area contributed by atoms with Crippen LogP contribution in [0.3, 0.4) is 0 Å². The minimum Gasteiger partial charge on any atom is -0.395 e. The maximum atomic E-state index is 8.68. The Labute approximate surface area is 74.0 Å². The molecule has 0 saturated carbocycles. The van der Waals surface area contributed by atoms with E-state index in [2.05, 4.69) is 0 Å². The molecule has 4 N–H and O–H groups in total. The number of hydrogen-bond acceptors (Lipinski definition) is 4. The summed E-state index contributed by atoms with van der Waals surface area (Å²) in [5, 5.41) is 17.4. The van der Waals surface area contributed by atoms with Gasteiger partial charge in [0.05, 0.1) is 13.2 Å². The van der Waals surface area contributed by atoms with E-state index in [4.69, 9.17) is 15.9 Å². The quantitative estimate of drug-likeness (QED) is 0.466. The van der Waals surface area contributed by atoms with Crippen LogP contribution in [0.2, 0.25) is 0 Å². The second-order valence-electron chi connectivity index (χ2n) is 2.92. The molecule has 4 nitrogen and oxygen atoms in total. The first kappa shape index (κ1) is 11.8. The van der Waals surface area contributed by atoms with Crippen molar-refractivity contribution in [3.63, 3.8) is 0 Å². The van der Waals surface area contributed by atoms with Crippen molar-refractivity contribution >= 4 is 0 Å². The van der Waals surface area contributed by atoms with E-state index in [-0.39, 0.29) is 19.3 Å². The molecule has 0 bridgehead atoms. The SMILES string of the molecule is CCC(N)CN(CCO)CCO. The van der Waals surface area contributed by atoms with Crippen LogP contribution in [0.5, 0.6) is 0 Å². The third kappa shape index (κ3) is 5.49. The van der Waals surface area contributed by atoms with Crippen LogP contribution in [-0.2, 0) is 0 Å². The van der Waals surface area contributed by atoms with Crippen LogP contribution >= 0.6 is 0 Å². The predicted octanol–water partition coefficient (Wildman–Crippen LogP) is -0.990. The van der Waals surface area contributed by atoms with Gasteiger partial charge in [-0.05, 0) is 6.42 Å². The molecule has 0 saturated heterocycles. The van der Waals surface area contributed by atoms with E-state index < -0.39 is 0 Å². The van der Waals surface area contributed by atoms with Crippen LogP contribution in [0.4, 0.5) is 0 Å². The zero-order valence-electron chi connectivity index (χ0n) is 7.74. The average molecular weight is 176 g/mol. The van der Waals surface area contributed by atoms with Crippen LogP contribution in [0.25, 0.3) is 0 Å². The molecule has 74 valence electrons. The Morgan fingerprint density at radius 3 is 2.08 bits per heavy atom. The Balaban J connectivity index is 3.61. The van der Waals surface area contributed by atoms with E-state index in [9.17, 15) is 0 Å². The lowest BCUT2D eigenvalue weighted by Gasteiger charge is -2.23. The highest BCUT2D eigenvalue weighted by atomic mass is 16.3. The summed E-state index contributed by atoms with van der Waals surface area (Å²) in [6.07, 6.45) is 0.924. The average Bonchev–Trinajstić information content (AvgIpc) is 2.05. The largest absolute Gasteiger partial charge is 0.395 e. The highest BCUT2D eigenvalue weighted by Gasteiger charge is 2.07. The molecule has 4 heteroatoms. The summed E-state index contributed by atoms with van der Waals surface area (Å²) in [6.45, 7) is 4.20. The minimum atomic E-state index is 0.121. The highest BCUT2D eigenvalue weighted by molar-refractivity contribution is 4.66. The Bertz CT molecular complexity index is 95.1. The van der Waals surface area contributed by atoms with Gasteiger partial charge in [0.15, 0.2) is 0 Å². The molecule has 1 unspecified atom stereocenters. The maximum absolute atomic E-state index is 8.68. The summed E-state index contributed by atoms with van der Waals surface area (Å²) < 4.78 is 0. The van der Waals surface area contributed by atoms with Gasteiger partial charge in [0.1, 0.15) is 0 Å². The molecule has 1 atom stereocenters. The molecule has 0 heterocycles. The zero-order valence-corrected chi connectivity index (χ0v) is 7.74. The third-order valence-corrected chi connectivity index (χ3v) is 1.85. The molecule has 0 rings (SSSR count). The van der Waals surface area contributed by atoms with Crippen molar-refractivity contribution in [2.75, 3.05) is 32.8 Å². The maximum Gasteiger partial charge on any atom is 0.0558 e. The van der Waals surface area contributed by atoms with Crippen LogP contribution in [0.1, 0.15) is 13.3 Å². The summed E-state index contributed by atoms with van der Waals surface area (Å²) in [4.78, 5) is 1.97. The molecule has 0 fully saturated rings. The second-order valence-corrected chi connectivity index (χ2v) is 2.92. The number of aliphatic hydroxyl groups is 2. The predicted molar refractivity (Wildman–Crippen MR) is 48.9 cm³/mol. The normalized spacial score (nSPS) is 13.8. The molecule has 0 aromatic rings. The topological polar surface area (TPSA) is 69.7 Å².